The number of hydrogen-bond donors (Lipinski definition) is 3. The van der Waals surface area contributed by atoms with Gasteiger partial charge in [-0.1, -0.05) is 38.8 Å². The molecule has 0 unspecified atom stereocenters. The number of carbonyl (C=O) groups excluding carboxylic acids is 3. The molecule has 1 aliphatic heterocycles. The van der Waals surface area contributed by atoms with E-state index in [-0.39, 0.29) is 36.2 Å². The number of carbonyl (C=O) groups is 3. The van der Waals surface area contributed by atoms with Crippen LogP contribution in [-0.4, -0.2) is 60.5 Å². The molecule has 0 aromatic rings. The van der Waals surface area contributed by atoms with Crippen molar-refractivity contribution in [1.29, 1.82) is 0 Å². The molecule has 1 fully saturated rings. The van der Waals surface area contributed by atoms with Gasteiger partial charge in [-0.2, -0.15) is 0 Å². The lowest BCUT2D eigenvalue weighted by molar-refractivity contribution is -0.140. The van der Waals surface area contributed by atoms with Crippen LogP contribution in [0.1, 0.15) is 52.4 Å². The molecule has 1 heterocycles. The molecule has 164 valence electrons. The molecule has 2 aliphatic rings. The largest absolute Gasteiger partial charge is 0.396 e. The van der Waals surface area contributed by atoms with E-state index in [1.54, 1.807) is 11.9 Å². The number of hydrogen-bond acceptors (Lipinski definition) is 4. The van der Waals surface area contributed by atoms with Crippen molar-refractivity contribution < 1.29 is 19.5 Å². The number of likely N-dealkylation sites (tertiary alicyclic amines) is 1. The van der Waals surface area contributed by atoms with Crippen LogP contribution in [0.3, 0.4) is 0 Å². The van der Waals surface area contributed by atoms with Crippen LogP contribution in [0.4, 0.5) is 0 Å². The van der Waals surface area contributed by atoms with Crippen molar-refractivity contribution in [2.24, 2.45) is 23.7 Å². The Hall–Kier alpha value is -1.89. The Bertz CT molecular complexity index is 607. The summed E-state index contributed by atoms with van der Waals surface area (Å²) in [6.45, 7) is 5.20. The molecule has 2 rings (SSSR count). The summed E-state index contributed by atoms with van der Waals surface area (Å²) in [4.78, 5) is 40.9. The predicted molar refractivity (Wildman–Crippen MR) is 112 cm³/mol. The maximum atomic E-state index is 13.4. The molecular weight excluding hydrogens is 370 g/mol. The van der Waals surface area contributed by atoms with E-state index in [9.17, 15) is 14.4 Å². The second-order valence-corrected chi connectivity index (χ2v) is 8.13. The lowest BCUT2D eigenvalue weighted by Crippen LogP contribution is -2.48. The van der Waals surface area contributed by atoms with Gasteiger partial charge in [0.05, 0.1) is 11.8 Å². The third-order valence-corrected chi connectivity index (χ3v) is 6.19. The number of rotatable bonds is 11. The fourth-order valence-corrected chi connectivity index (χ4v) is 4.76. The van der Waals surface area contributed by atoms with E-state index in [1.165, 1.54) is 0 Å². The first-order valence-corrected chi connectivity index (χ1v) is 11.1. The van der Waals surface area contributed by atoms with Gasteiger partial charge in [0.2, 0.25) is 17.7 Å². The van der Waals surface area contributed by atoms with Crippen LogP contribution >= 0.6 is 0 Å². The number of nitrogens with one attached hydrogen (secondary N) is 2. The van der Waals surface area contributed by atoms with Gasteiger partial charge in [0.25, 0.3) is 0 Å². The zero-order valence-corrected chi connectivity index (χ0v) is 18.0. The van der Waals surface area contributed by atoms with Crippen LogP contribution in [0, 0.1) is 23.7 Å². The monoisotopic (exact) mass is 407 g/mol. The van der Waals surface area contributed by atoms with Crippen LogP contribution in [0.15, 0.2) is 12.2 Å². The molecule has 0 aromatic heterocycles. The highest BCUT2D eigenvalue weighted by Crippen LogP contribution is 2.45. The maximum Gasteiger partial charge on any atom is 0.243 e. The SMILES string of the molecule is CCCCNC(=O)[C@@H]1[C@H]2C=C[C@@H](CCC)[C@@H](C(=O)NC)[C@H]2C(=O)N1CCCCO. The second-order valence-electron chi connectivity index (χ2n) is 8.13. The van der Waals surface area contributed by atoms with E-state index < -0.39 is 17.9 Å². The average molecular weight is 408 g/mol. The van der Waals surface area contributed by atoms with Crippen LogP contribution in [0.25, 0.3) is 0 Å². The van der Waals surface area contributed by atoms with E-state index in [2.05, 4.69) is 24.5 Å². The number of fused-ring (bicyclic) bond motifs is 1. The Balaban J connectivity index is 2.34. The van der Waals surface area contributed by atoms with E-state index in [1.807, 2.05) is 12.2 Å². The minimum atomic E-state index is -0.589. The second kappa shape index (κ2) is 11.3. The molecule has 0 aromatic carbocycles. The molecule has 1 aliphatic carbocycles. The highest BCUT2D eigenvalue weighted by atomic mass is 16.3. The maximum absolute atomic E-state index is 13.4. The molecule has 0 saturated carbocycles. The molecule has 29 heavy (non-hydrogen) atoms. The standard InChI is InChI=1S/C22H37N3O4/c1-4-6-12-24-21(28)19-16-11-10-15(9-5-2)17(20(27)23-3)18(16)22(29)25(19)13-7-8-14-26/h10-11,15-19,26H,4-9,12-14H2,1-3H3,(H,23,27)(H,24,28)/t15-,16+,17-,18+,19+/m1/s1. The first kappa shape index (κ1) is 23.4. The molecule has 7 nitrogen and oxygen atoms in total. The predicted octanol–water partition coefficient (Wildman–Crippen LogP) is 1.47. The van der Waals surface area contributed by atoms with E-state index in [4.69, 9.17) is 5.11 Å². The first-order chi connectivity index (χ1) is 14.0. The van der Waals surface area contributed by atoms with Crippen LogP contribution < -0.4 is 10.6 Å². The molecule has 1 saturated heterocycles. The molecule has 0 spiro atoms. The van der Waals surface area contributed by atoms with E-state index in [0.29, 0.717) is 25.9 Å². The van der Waals surface area contributed by atoms with Gasteiger partial charge in [-0.25, -0.2) is 0 Å². The normalized spacial score (nSPS) is 28.3. The Morgan fingerprint density at radius 2 is 1.86 bits per heavy atom. The Labute approximate surface area is 174 Å². The lowest BCUT2D eigenvalue weighted by Gasteiger charge is -2.34. The topological polar surface area (TPSA) is 98.7 Å². The van der Waals surface area contributed by atoms with Crippen molar-refractivity contribution >= 4 is 17.7 Å². The summed E-state index contributed by atoms with van der Waals surface area (Å²) in [6, 6.07) is -0.589. The molecule has 0 radical (unpaired) electrons. The van der Waals surface area contributed by atoms with Gasteiger partial charge in [0.1, 0.15) is 6.04 Å². The summed E-state index contributed by atoms with van der Waals surface area (Å²) >= 11 is 0. The third-order valence-electron chi connectivity index (χ3n) is 6.19. The zero-order chi connectivity index (χ0) is 21.4. The minimum absolute atomic E-state index is 0.00587. The number of unbranched alkanes of at least 4 members (excludes halogenated alkanes) is 2. The molecule has 3 amide bonds. The Morgan fingerprint density at radius 1 is 1.10 bits per heavy atom. The lowest BCUT2D eigenvalue weighted by atomic mass is 9.68. The number of allylic oxidation sites excluding steroid dienone is 1. The number of aliphatic hydroxyl groups is 1. The smallest absolute Gasteiger partial charge is 0.243 e. The van der Waals surface area contributed by atoms with Crippen molar-refractivity contribution in [2.75, 3.05) is 26.7 Å². The third kappa shape index (κ3) is 5.18. The molecule has 5 atom stereocenters. The van der Waals surface area contributed by atoms with Crippen LogP contribution in [0.5, 0.6) is 0 Å². The summed E-state index contributed by atoms with van der Waals surface area (Å²) < 4.78 is 0. The number of aliphatic hydroxyl groups excluding tert-OH is 1. The van der Waals surface area contributed by atoms with E-state index >= 15 is 0 Å². The van der Waals surface area contributed by atoms with Gasteiger partial charge in [0.15, 0.2) is 0 Å². The van der Waals surface area contributed by atoms with Gasteiger partial charge in [0, 0.05) is 32.7 Å². The van der Waals surface area contributed by atoms with Gasteiger partial charge in [-0.05, 0) is 31.6 Å². The summed E-state index contributed by atoms with van der Waals surface area (Å²) in [6.07, 6.45) is 8.88. The molecule has 3 N–H and O–H groups in total. The quantitative estimate of drug-likeness (QED) is 0.357. The Kier molecular flexibility index (Phi) is 9.14. The van der Waals surface area contributed by atoms with E-state index in [0.717, 1.165) is 25.7 Å². The molecule has 0 bridgehead atoms. The summed E-state index contributed by atoms with van der Waals surface area (Å²) in [7, 11) is 1.60. The van der Waals surface area contributed by atoms with Crippen molar-refractivity contribution in [3.63, 3.8) is 0 Å². The Morgan fingerprint density at radius 3 is 2.48 bits per heavy atom. The first-order valence-electron chi connectivity index (χ1n) is 11.1. The minimum Gasteiger partial charge on any atom is -0.396 e. The van der Waals surface area contributed by atoms with Crippen molar-refractivity contribution in [1.82, 2.24) is 15.5 Å². The summed E-state index contributed by atoms with van der Waals surface area (Å²) in [5.41, 5.74) is 0. The van der Waals surface area contributed by atoms with Crippen molar-refractivity contribution in [3.05, 3.63) is 12.2 Å². The van der Waals surface area contributed by atoms with Gasteiger partial charge in [-0.3, -0.25) is 14.4 Å². The highest BCUT2D eigenvalue weighted by molar-refractivity contribution is 5.96. The zero-order valence-electron chi connectivity index (χ0n) is 18.0. The number of amides is 3. The highest BCUT2D eigenvalue weighted by Gasteiger charge is 2.56. The molecule has 7 heteroatoms. The molecular formula is C22H37N3O4. The summed E-state index contributed by atoms with van der Waals surface area (Å²) in [5.74, 6) is -1.62. The van der Waals surface area contributed by atoms with Crippen LogP contribution in [0.2, 0.25) is 0 Å². The summed E-state index contributed by atoms with van der Waals surface area (Å²) in [5, 5.41) is 14.8. The number of nitrogens with zero attached hydrogens (tertiary/aromatic N) is 1. The average Bonchev–Trinajstić information content (AvgIpc) is 3.00. The fourth-order valence-electron chi connectivity index (χ4n) is 4.76. The van der Waals surface area contributed by atoms with Crippen molar-refractivity contribution in [3.8, 4) is 0 Å². The van der Waals surface area contributed by atoms with Gasteiger partial charge in [-0.15, -0.1) is 0 Å². The van der Waals surface area contributed by atoms with Gasteiger partial charge < -0.3 is 20.6 Å². The fraction of sp³-hybridized carbons (Fsp3) is 0.773. The van der Waals surface area contributed by atoms with Crippen molar-refractivity contribution in [2.45, 2.75) is 58.4 Å². The van der Waals surface area contributed by atoms with Gasteiger partial charge >= 0.3 is 0 Å². The van der Waals surface area contributed by atoms with Crippen LogP contribution in [-0.2, 0) is 14.4 Å².